The van der Waals surface area contributed by atoms with Crippen LogP contribution in [0.1, 0.15) is 29.0 Å². The Bertz CT molecular complexity index is 1100. The van der Waals surface area contributed by atoms with Crippen LogP contribution in [0.25, 0.3) is 10.9 Å². The van der Waals surface area contributed by atoms with Gasteiger partial charge in [0.15, 0.2) is 0 Å². The second-order valence-corrected chi connectivity index (χ2v) is 9.32. The van der Waals surface area contributed by atoms with Gasteiger partial charge >= 0.3 is 0 Å². The Morgan fingerprint density at radius 3 is 2.29 bits per heavy atom. The van der Waals surface area contributed by atoms with E-state index in [1.54, 1.807) is 23.7 Å². The lowest BCUT2D eigenvalue weighted by Crippen LogP contribution is -2.28. The van der Waals surface area contributed by atoms with Crippen molar-refractivity contribution in [3.63, 3.8) is 0 Å². The van der Waals surface area contributed by atoms with Crippen molar-refractivity contribution in [3.8, 4) is 0 Å². The van der Waals surface area contributed by atoms with E-state index in [0.717, 1.165) is 20.8 Å². The fourth-order valence-electron chi connectivity index (χ4n) is 3.09. The molecule has 0 bridgehead atoms. The minimum absolute atomic E-state index is 0.205. The van der Waals surface area contributed by atoms with Gasteiger partial charge in [-0.3, -0.25) is 4.79 Å². The van der Waals surface area contributed by atoms with Crippen LogP contribution < -0.4 is 5.32 Å². The molecule has 1 unspecified atom stereocenters. The van der Waals surface area contributed by atoms with E-state index in [1.807, 2.05) is 31.2 Å². The van der Waals surface area contributed by atoms with Gasteiger partial charge in [0.25, 0.3) is 5.91 Å². The first-order chi connectivity index (χ1) is 13.1. The molecule has 0 aliphatic heterocycles. The minimum Gasteiger partial charge on any atom is -0.344 e. The average Bonchev–Trinajstić information content (AvgIpc) is 2.92. The third-order valence-electron chi connectivity index (χ3n) is 4.77. The summed E-state index contributed by atoms with van der Waals surface area (Å²) in [5, 5.41) is 4.17. The molecule has 0 fully saturated rings. The molecule has 0 aliphatic carbocycles. The van der Waals surface area contributed by atoms with E-state index in [0.29, 0.717) is 10.7 Å². The van der Waals surface area contributed by atoms with Crippen LogP contribution in [0.2, 0.25) is 5.02 Å². The summed E-state index contributed by atoms with van der Waals surface area (Å²) in [4.78, 5) is 13.0. The first-order valence-electron chi connectivity index (χ1n) is 8.71. The Balaban J connectivity index is 1.84. The molecule has 0 spiro atoms. The quantitative estimate of drug-likeness (QED) is 0.687. The molecule has 1 amide bonds. The first-order valence-corrected chi connectivity index (χ1v) is 10.5. The number of hydrogen-bond acceptors (Lipinski definition) is 3. The SMILES string of the molecule is CC(NC(=O)c1c(Cl)c2ccccc2n1C)c1ccc(S(=O)(=O)N(C)C)cc1. The van der Waals surface area contributed by atoms with Gasteiger partial charge in [-0.25, -0.2) is 12.7 Å². The molecule has 0 radical (unpaired) electrons. The van der Waals surface area contributed by atoms with Crippen molar-refractivity contribution in [2.45, 2.75) is 17.9 Å². The average molecular weight is 420 g/mol. The largest absolute Gasteiger partial charge is 0.344 e. The van der Waals surface area contributed by atoms with Gasteiger partial charge in [0.05, 0.1) is 16.0 Å². The van der Waals surface area contributed by atoms with Gasteiger partial charge in [-0.05, 0) is 30.7 Å². The standard InChI is InChI=1S/C20H22ClN3O3S/c1-13(14-9-11-15(12-10-14)28(26,27)23(2)3)22-20(25)19-18(21)16-7-5-6-8-17(16)24(19)4/h5-13H,1-4H3,(H,22,25). The van der Waals surface area contributed by atoms with Crippen LogP contribution in [-0.2, 0) is 17.1 Å². The van der Waals surface area contributed by atoms with E-state index in [4.69, 9.17) is 11.6 Å². The molecule has 0 saturated carbocycles. The zero-order valence-electron chi connectivity index (χ0n) is 16.1. The number of nitrogens with one attached hydrogen (secondary N) is 1. The number of benzene rings is 2. The maximum Gasteiger partial charge on any atom is 0.269 e. The van der Waals surface area contributed by atoms with E-state index < -0.39 is 10.0 Å². The van der Waals surface area contributed by atoms with Crippen molar-refractivity contribution >= 4 is 38.4 Å². The van der Waals surface area contributed by atoms with Crippen molar-refractivity contribution in [3.05, 3.63) is 64.8 Å². The summed E-state index contributed by atoms with van der Waals surface area (Å²) in [6.07, 6.45) is 0. The van der Waals surface area contributed by atoms with E-state index >= 15 is 0 Å². The van der Waals surface area contributed by atoms with Crippen LogP contribution in [0.15, 0.2) is 53.4 Å². The molecular formula is C20H22ClN3O3S. The Kier molecular flexibility index (Phi) is 5.52. The number of carbonyl (C=O) groups excluding carboxylic acids is 1. The van der Waals surface area contributed by atoms with Crippen LogP contribution in [0, 0.1) is 0 Å². The molecule has 148 valence electrons. The summed E-state index contributed by atoms with van der Waals surface area (Å²) in [6, 6.07) is 13.7. The van der Waals surface area contributed by atoms with Gasteiger partial charge in [0, 0.05) is 32.0 Å². The number of aromatic nitrogens is 1. The molecule has 8 heteroatoms. The van der Waals surface area contributed by atoms with Gasteiger partial charge in [0.2, 0.25) is 10.0 Å². The minimum atomic E-state index is -3.49. The zero-order valence-corrected chi connectivity index (χ0v) is 17.7. The Labute approximate surface area is 169 Å². The van der Waals surface area contributed by atoms with Crippen molar-refractivity contribution in [1.82, 2.24) is 14.2 Å². The van der Waals surface area contributed by atoms with Crippen molar-refractivity contribution < 1.29 is 13.2 Å². The number of hydrogen-bond donors (Lipinski definition) is 1. The lowest BCUT2D eigenvalue weighted by molar-refractivity contribution is 0.0932. The summed E-state index contributed by atoms with van der Waals surface area (Å²) in [7, 11) is 1.29. The van der Waals surface area contributed by atoms with Gasteiger partial charge in [-0.1, -0.05) is 41.9 Å². The second-order valence-electron chi connectivity index (χ2n) is 6.79. The van der Waals surface area contributed by atoms with Gasteiger partial charge in [0.1, 0.15) is 5.69 Å². The smallest absolute Gasteiger partial charge is 0.269 e. The summed E-state index contributed by atoms with van der Waals surface area (Å²) in [5.74, 6) is -0.291. The first kappa shape index (κ1) is 20.4. The van der Waals surface area contributed by atoms with Gasteiger partial charge in [-0.2, -0.15) is 0 Å². The third kappa shape index (κ3) is 3.53. The molecule has 6 nitrogen and oxygen atoms in total. The Morgan fingerprint density at radius 2 is 1.71 bits per heavy atom. The number of halogens is 1. The van der Waals surface area contributed by atoms with Crippen LogP contribution in [0.4, 0.5) is 0 Å². The molecular weight excluding hydrogens is 398 g/mol. The van der Waals surface area contributed by atoms with E-state index in [9.17, 15) is 13.2 Å². The Morgan fingerprint density at radius 1 is 1.11 bits per heavy atom. The summed E-state index contributed by atoms with van der Waals surface area (Å²) < 4.78 is 27.3. The highest BCUT2D eigenvalue weighted by Crippen LogP contribution is 2.30. The summed E-state index contributed by atoms with van der Waals surface area (Å²) in [6.45, 7) is 1.84. The second kappa shape index (κ2) is 7.58. The molecule has 0 aliphatic rings. The monoisotopic (exact) mass is 419 g/mol. The number of amides is 1. The lowest BCUT2D eigenvalue weighted by Gasteiger charge is -2.16. The van der Waals surface area contributed by atoms with Crippen LogP contribution in [0.5, 0.6) is 0 Å². The number of sulfonamides is 1. The lowest BCUT2D eigenvalue weighted by atomic mass is 10.1. The fraction of sp³-hybridized carbons (Fsp3) is 0.250. The molecule has 1 aromatic heterocycles. The molecule has 1 heterocycles. The number of para-hydroxylation sites is 1. The molecule has 3 aromatic rings. The van der Waals surface area contributed by atoms with Gasteiger partial charge in [-0.15, -0.1) is 0 Å². The summed E-state index contributed by atoms with van der Waals surface area (Å²) >= 11 is 6.43. The number of carbonyl (C=O) groups is 1. The predicted molar refractivity (Wildman–Crippen MR) is 111 cm³/mol. The van der Waals surface area contributed by atoms with E-state index in [1.165, 1.54) is 26.2 Å². The van der Waals surface area contributed by atoms with Crippen molar-refractivity contribution in [2.24, 2.45) is 7.05 Å². The van der Waals surface area contributed by atoms with Crippen LogP contribution >= 0.6 is 11.6 Å². The number of aryl methyl sites for hydroxylation is 1. The van der Waals surface area contributed by atoms with Crippen molar-refractivity contribution in [1.29, 1.82) is 0 Å². The molecule has 28 heavy (non-hydrogen) atoms. The predicted octanol–water partition coefficient (Wildman–Crippen LogP) is 3.57. The van der Waals surface area contributed by atoms with Crippen LogP contribution in [0.3, 0.4) is 0 Å². The Hall–Kier alpha value is -2.35. The highest BCUT2D eigenvalue weighted by atomic mass is 35.5. The highest BCUT2D eigenvalue weighted by molar-refractivity contribution is 7.89. The van der Waals surface area contributed by atoms with E-state index in [2.05, 4.69) is 5.32 Å². The molecule has 1 N–H and O–H groups in total. The molecule has 3 rings (SSSR count). The normalized spacial score (nSPS) is 13.1. The topological polar surface area (TPSA) is 71.4 Å². The van der Waals surface area contributed by atoms with Crippen molar-refractivity contribution in [2.75, 3.05) is 14.1 Å². The number of nitrogens with zero attached hydrogens (tertiary/aromatic N) is 2. The zero-order chi connectivity index (χ0) is 20.6. The molecule has 0 saturated heterocycles. The highest BCUT2D eigenvalue weighted by Gasteiger charge is 2.22. The maximum absolute atomic E-state index is 12.8. The molecule has 2 aromatic carbocycles. The van der Waals surface area contributed by atoms with Gasteiger partial charge < -0.3 is 9.88 Å². The van der Waals surface area contributed by atoms with E-state index in [-0.39, 0.29) is 16.8 Å². The summed E-state index contributed by atoms with van der Waals surface area (Å²) in [5.41, 5.74) is 2.06. The number of rotatable bonds is 5. The van der Waals surface area contributed by atoms with Crippen LogP contribution in [-0.4, -0.2) is 37.3 Å². The fourth-order valence-corrected chi connectivity index (χ4v) is 4.36. The molecule has 1 atom stereocenters. The number of fused-ring (bicyclic) bond motifs is 1. The maximum atomic E-state index is 12.8. The third-order valence-corrected chi connectivity index (χ3v) is 6.98.